The third-order valence-electron chi connectivity index (χ3n) is 8.55. The topological polar surface area (TPSA) is 8.17 Å². The number of hydrogen-bond donors (Lipinski definition) is 0. The Morgan fingerprint density at radius 1 is 0.442 bits per heavy atom. The van der Waals surface area contributed by atoms with E-state index in [0.717, 1.165) is 17.1 Å². The van der Waals surface area contributed by atoms with E-state index in [0.29, 0.717) is 0 Å². The smallest absolute Gasteiger partial charge is 0.0562 e. The zero-order chi connectivity index (χ0) is 28.3. The van der Waals surface area contributed by atoms with Crippen LogP contribution in [0.1, 0.15) is 0 Å². The van der Waals surface area contributed by atoms with Gasteiger partial charge in [-0.15, -0.1) is 11.3 Å². The summed E-state index contributed by atoms with van der Waals surface area (Å²) in [6.07, 6.45) is 0. The first-order chi connectivity index (χ1) is 21.3. The molecule has 202 valence electrons. The molecule has 43 heavy (non-hydrogen) atoms. The molecule has 0 bridgehead atoms. The van der Waals surface area contributed by atoms with Crippen molar-refractivity contribution in [3.05, 3.63) is 158 Å². The maximum atomic E-state index is 2.42. The SMILES string of the molecule is c1ccc(N(c2ccc3c(c2)sc2ccc4ccccc4c23)c2cccc3c2c2ccccc2n3-c2ccccc2)cc1. The molecule has 9 aromatic rings. The van der Waals surface area contributed by atoms with Gasteiger partial charge in [0.1, 0.15) is 0 Å². The fraction of sp³-hybridized carbons (Fsp3) is 0. The molecule has 0 atom stereocenters. The Balaban J connectivity index is 1.33. The number of anilines is 3. The van der Waals surface area contributed by atoms with Gasteiger partial charge in [-0.05, 0) is 71.4 Å². The number of aromatic nitrogens is 1. The summed E-state index contributed by atoms with van der Waals surface area (Å²) < 4.78 is 5.01. The summed E-state index contributed by atoms with van der Waals surface area (Å²) >= 11 is 1.88. The number of hydrogen-bond acceptors (Lipinski definition) is 2. The Hall–Kier alpha value is -5.38. The molecular formula is C40H26N2S. The molecule has 0 spiro atoms. The second-order valence-electron chi connectivity index (χ2n) is 11.0. The van der Waals surface area contributed by atoms with Crippen LogP contribution >= 0.6 is 11.3 Å². The number of fused-ring (bicyclic) bond motifs is 8. The van der Waals surface area contributed by atoms with Crippen LogP contribution in [0.5, 0.6) is 0 Å². The Labute approximate surface area is 253 Å². The minimum atomic E-state index is 1.14. The number of nitrogens with zero attached hydrogens (tertiary/aromatic N) is 2. The van der Waals surface area contributed by atoms with Gasteiger partial charge in [0.25, 0.3) is 0 Å². The molecule has 0 unspecified atom stereocenters. The number of thiophene rings is 1. The predicted molar refractivity (Wildman–Crippen MR) is 186 cm³/mol. The van der Waals surface area contributed by atoms with E-state index in [2.05, 4.69) is 167 Å². The van der Waals surface area contributed by atoms with Crippen LogP contribution in [0, 0.1) is 0 Å². The molecule has 0 radical (unpaired) electrons. The zero-order valence-electron chi connectivity index (χ0n) is 23.3. The molecule has 0 amide bonds. The van der Waals surface area contributed by atoms with E-state index in [1.54, 1.807) is 0 Å². The zero-order valence-corrected chi connectivity index (χ0v) is 24.1. The van der Waals surface area contributed by atoms with Gasteiger partial charge >= 0.3 is 0 Å². The van der Waals surface area contributed by atoms with E-state index < -0.39 is 0 Å². The van der Waals surface area contributed by atoms with Gasteiger partial charge in [0.05, 0.1) is 16.7 Å². The molecule has 9 rings (SSSR count). The van der Waals surface area contributed by atoms with Gasteiger partial charge in [-0.1, -0.05) is 97.1 Å². The third kappa shape index (κ3) is 3.72. The van der Waals surface area contributed by atoms with Gasteiger partial charge < -0.3 is 9.47 Å². The van der Waals surface area contributed by atoms with E-state index in [4.69, 9.17) is 0 Å². The molecular weight excluding hydrogens is 541 g/mol. The molecule has 0 fully saturated rings. The van der Waals surface area contributed by atoms with Crippen molar-refractivity contribution in [3.63, 3.8) is 0 Å². The molecule has 3 heteroatoms. The van der Waals surface area contributed by atoms with Crippen molar-refractivity contribution in [2.75, 3.05) is 4.90 Å². The van der Waals surface area contributed by atoms with Crippen molar-refractivity contribution in [1.82, 2.24) is 4.57 Å². The minimum absolute atomic E-state index is 1.14. The van der Waals surface area contributed by atoms with Crippen LogP contribution in [-0.4, -0.2) is 4.57 Å². The fourth-order valence-electron chi connectivity index (χ4n) is 6.72. The summed E-state index contributed by atoms with van der Waals surface area (Å²) in [5.74, 6) is 0. The van der Waals surface area contributed by atoms with Crippen LogP contribution in [0.2, 0.25) is 0 Å². The highest BCUT2D eigenvalue weighted by Crippen LogP contribution is 2.46. The lowest BCUT2D eigenvalue weighted by Crippen LogP contribution is -2.10. The van der Waals surface area contributed by atoms with Crippen molar-refractivity contribution in [2.24, 2.45) is 0 Å². The Morgan fingerprint density at radius 3 is 2.02 bits per heavy atom. The van der Waals surface area contributed by atoms with Gasteiger partial charge in [0.15, 0.2) is 0 Å². The minimum Gasteiger partial charge on any atom is -0.310 e. The predicted octanol–water partition coefficient (Wildman–Crippen LogP) is 11.8. The van der Waals surface area contributed by atoms with Crippen molar-refractivity contribution >= 4 is 81.1 Å². The van der Waals surface area contributed by atoms with E-state index in [1.165, 1.54) is 58.4 Å². The van der Waals surface area contributed by atoms with Crippen LogP contribution in [-0.2, 0) is 0 Å². The lowest BCUT2D eigenvalue weighted by Gasteiger charge is -2.26. The molecule has 0 aliphatic rings. The van der Waals surface area contributed by atoms with Crippen LogP contribution in [0.15, 0.2) is 158 Å². The lowest BCUT2D eigenvalue weighted by atomic mass is 10.0. The van der Waals surface area contributed by atoms with Crippen LogP contribution in [0.3, 0.4) is 0 Å². The molecule has 2 aromatic heterocycles. The largest absolute Gasteiger partial charge is 0.310 e. The van der Waals surface area contributed by atoms with Gasteiger partial charge in [0.2, 0.25) is 0 Å². The number of para-hydroxylation sites is 3. The summed E-state index contributed by atoms with van der Waals surface area (Å²) in [5.41, 5.74) is 7.02. The van der Waals surface area contributed by atoms with E-state index in [-0.39, 0.29) is 0 Å². The average Bonchev–Trinajstić information content (AvgIpc) is 3.62. The maximum Gasteiger partial charge on any atom is 0.0562 e. The molecule has 2 nitrogen and oxygen atoms in total. The highest BCUT2D eigenvalue weighted by molar-refractivity contribution is 7.26. The van der Waals surface area contributed by atoms with E-state index >= 15 is 0 Å². The van der Waals surface area contributed by atoms with E-state index in [9.17, 15) is 0 Å². The Morgan fingerprint density at radius 2 is 1.16 bits per heavy atom. The first-order valence-corrected chi connectivity index (χ1v) is 15.4. The van der Waals surface area contributed by atoms with Gasteiger partial charge in [-0.3, -0.25) is 0 Å². The second-order valence-corrected chi connectivity index (χ2v) is 12.1. The third-order valence-corrected chi connectivity index (χ3v) is 9.67. The maximum absolute atomic E-state index is 2.42. The molecule has 0 N–H and O–H groups in total. The molecule has 2 heterocycles. The van der Waals surface area contributed by atoms with Gasteiger partial charge in [-0.2, -0.15) is 0 Å². The van der Waals surface area contributed by atoms with E-state index in [1.807, 2.05) is 11.3 Å². The Kier molecular flexibility index (Phi) is 5.40. The Bertz CT molecular complexity index is 2450. The number of rotatable bonds is 4. The summed E-state index contributed by atoms with van der Waals surface area (Å²) in [6, 6.07) is 57.1. The quantitative estimate of drug-likeness (QED) is 0.206. The number of benzene rings is 7. The molecule has 0 aliphatic heterocycles. The van der Waals surface area contributed by atoms with Crippen molar-refractivity contribution in [1.29, 1.82) is 0 Å². The van der Waals surface area contributed by atoms with Gasteiger partial charge in [0, 0.05) is 48.0 Å². The molecule has 0 saturated carbocycles. The average molecular weight is 567 g/mol. The summed E-state index contributed by atoms with van der Waals surface area (Å²) in [4.78, 5) is 2.42. The van der Waals surface area contributed by atoms with Crippen molar-refractivity contribution in [3.8, 4) is 5.69 Å². The van der Waals surface area contributed by atoms with Crippen molar-refractivity contribution < 1.29 is 0 Å². The van der Waals surface area contributed by atoms with Crippen molar-refractivity contribution in [2.45, 2.75) is 0 Å². The van der Waals surface area contributed by atoms with Crippen LogP contribution < -0.4 is 4.90 Å². The normalized spacial score (nSPS) is 11.7. The standard InChI is InChI=1S/C40H26N2S/c1-3-13-28(14-4-1)41(30-23-24-33-38(26-30)43-37-25-22-27-12-7-8-17-31(27)39(33)37)35-20-11-21-36-40(35)32-18-9-10-19-34(32)42(36)29-15-5-2-6-16-29/h1-26H. The first-order valence-electron chi connectivity index (χ1n) is 14.6. The molecule has 7 aromatic carbocycles. The lowest BCUT2D eigenvalue weighted by molar-refractivity contribution is 1.18. The highest BCUT2D eigenvalue weighted by Gasteiger charge is 2.21. The van der Waals surface area contributed by atoms with Crippen LogP contribution in [0.25, 0.3) is 58.4 Å². The highest BCUT2D eigenvalue weighted by atomic mass is 32.1. The van der Waals surface area contributed by atoms with Crippen LogP contribution in [0.4, 0.5) is 17.1 Å². The first kappa shape index (κ1) is 24.2. The summed E-state index contributed by atoms with van der Waals surface area (Å²) in [7, 11) is 0. The second kappa shape index (κ2) is 9.59. The fourth-order valence-corrected chi connectivity index (χ4v) is 7.87. The molecule has 0 saturated heterocycles. The summed E-state index contributed by atoms with van der Waals surface area (Å²) in [5, 5.41) is 7.75. The monoisotopic (exact) mass is 566 g/mol. The summed E-state index contributed by atoms with van der Waals surface area (Å²) in [6.45, 7) is 0. The van der Waals surface area contributed by atoms with Gasteiger partial charge in [-0.25, -0.2) is 0 Å². The molecule has 0 aliphatic carbocycles.